The lowest BCUT2D eigenvalue weighted by molar-refractivity contribution is -0.117. The molecule has 1 heteroatoms. The van der Waals surface area contributed by atoms with Crippen LogP contribution in [0.3, 0.4) is 0 Å². The Morgan fingerprint density at radius 1 is 1.40 bits per heavy atom. The van der Waals surface area contributed by atoms with Gasteiger partial charge < -0.3 is 0 Å². The van der Waals surface area contributed by atoms with Crippen LogP contribution in [-0.2, 0) is 4.79 Å². The summed E-state index contributed by atoms with van der Waals surface area (Å²) in [7, 11) is 0. The zero-order valence-corrected chi connectivity index (χ0v) is 7.05. The summed E-state index contributed by atoms with van der Waals surface area (Å²) in [6.07, 6.45) is 1.65. The van der Waals surface area contributed by atoms with E-state index in [-0.39, 0.29) is 0 Å². The lowest BCUT2D eigenvalue weighted by Crippen LogP contribution is -2.10. The third-order valence-electron chi connectivity index (χ3n) is 2.60. The maximum absolute atomic E-state index is 11.0. The van der Waals surface area contributed by atoms with E-state index in [1.54, 1.807) is 0 Å². The molecule has 10 heavy (non-hydrogen) atoms. The van der Waals surface area contributed by atoms with Gasteiger partial charge in [-0.2, -0.15) is 0 Å². The topological polar surface area (TPSA) is 17.1 Å². The number of carbonyl (C=O) groups excluding carboxylic acids is 1. The third-order valence-corrected chi connectivity index (χ3v) is 2.60. The van der Waals surface area contributed by atoms with Gasteiger partial charge in [0.05, 0.1) is 0 Å². The summed E-state index contributed by atoms with van der Waals surface area (Å²) >= 11 is 0. The third kappa shape index (κ3) is 1.39. The Balaban J connectivity index is 2.54. The van der Waals surface area contributed by atoms with Crippen molar-refractivity contribution in [2.75, 3.05) is 0 Å². The van der Waals surface area contributed by atoms with Crippen molar-refractivity contribution < 1.29 is 4.79 Å². The number of hydrogen-bond acceptors (Lipinski definition) is 1. The smallest absolute Gasteiger partial charge is 0.133 e. The van der Waals surface area contributed by atoms with E-state index in [4.69, 9.17) is 0 Å². The van der Waals surface area contributed by atoms with Gasteiger partial charge in [-0.15, -0.1) is 0 Å². The minimum absolute atomic E-state index is 0.464. The molecule has 0 amide bonds. The first-order valence-corrected chi connectivity index (χ1v) is 4.13. The number of rotatable bonds is 1. The number of Topliss-reactive ketones (excluding diaryl/α,β-unsaturated/α-hetero) is 1. The first-order chi connectivity index (χ1) is 4.61. The summed E-state index contributed by atoms with van der Waals surface area (Å²) < 4.78 is 0. The summed E-state index contributed by atoms with van der Waals surface area (Å²) in [5, 5.41) is 0. The highest BCUT2D eigenvalue weighted by Gasteiger charge is 2.31. The lowest BCUT2D eigenvalue weighted by Gasteiger charge is -2.17. The first-order valence-electron chi connectivity index (χ1n) is 4.13. The number of hydrogen-bond donors (Lipinski definition) is 0. The standard InChI is InChI=1S/C9H16O/c1-6(2)9-5-8(10)4-7(9)3/h6-7,9H,4-5H2,1-3H3/t7-,9-/m1/s1. The Bertz CT molecular complexity index is 138. The van der Waals surface area contributed by atoms with Gasteiger partial charge in [-0.1, -0.05) is 20.8 Å². The predicted octanol–water partition coefficient (Wildman–Crippen LogP) is 2.26. The highest BCUT2D eigenvalue weighted by molar-refractivity contribution is 5.81. The minimum atomic E-state index is 0.464. The van der Waals surface area contributed by atoms with Crippen molar-refractivity contribution in [2.24, 2.45) is 17.8 Å². The second-order valence-corrected chi connectivity index (χ2v) is 3.83. The monoisotopic (exact) mass is 140 g/mol. The van der Waals surface area contributed by atoms with Crippen LogP contribution in [0.25, 0.3) is 0 Å². The van der Waals surface area contributed by atoms with Crippen molar-refractivity contribution in [2.45, 2.75) is 33.6 Å². The van der Waals surface area contributed by atoms with Crippen LogP contribution in [0.1, 0.15) is 33.6 Å². The van der Waals surface area contributed by atoms with E-state index in [9.17, 15) is 4.79 Å². The van der Waals surface area contributed by atoms with Crippen molar-refractivity contribution in [3.8, 4) is 0 Å². The van der Waals surface area contributed by atoms with Crippen molar-refractivity contribution in [3.05, 3.63) is 0 Å². The van der Waals surface area contributed by atoms with Crippen LogP contribution in [0.4, 0.5) is 0 Å². The van der Waals surface area contributed by atoms with E-state index in [1.807, 2.05) is 0 Å². The molecule has 0 aromatic heterocycles. The molecule has 1 saturated carbocycles. The quantitative estimate of drug-likeness (QED) is 0.546. The van der Waals surface area contributed by atoms with Gasteiger partial charge in [-0.05, 0) is 17.8 Å². The summed E-state index contributed by atoms with van der Waals surface area (Å²) in [6, 6.07) is 0. The van der Waals surface area contributed by atoms with Gasteiger partial charge in [-0.3, -0.25) is 4.79 Å². The van der Waals surface area contributed by atoms with E-state index in [1.165, 1.54) is 0 Å². The lowest BCUT2D eigenvalue weighted by atomic mass is 9.87. The van der Waals surface area contributed by atoms with Gasteiger partial charge in [0, 0.05) is 12.8 Å². The Labute approximate surface area is 62.8 Å². The summed E-state index contributed by atoms with van der Waals surface area (Å²) in [5.74, 6) is 2.44. The fraction of sp³-hybridized carbons (Fsp3) is 0.889. The molecule has 1 rings (SSSR count). The molecular weight excluding hydrogens is 124 g/mol. The molecule has 1 fully saturated rings. The average molecular weight is 140 g/mol. The van der Waals surface area contributed by atoms with Crippen LogP contribution < -0.4 is 0 Å². The van der Waals surface area contributed by atoms with Crippen LogP contribution in [-0.4, -0.2) is 5.78 Å². The van der Waals surface area contributed by atoms with E-state index in [0.29, 0.717) is 23.5 Å². The molecule has 0 aliphatic heterocycles. The molecule has 2 atom stereocenters. The van der Waals surface area contributed by atoms with E-state index in [2.05, 4.69) is 20.8 Å². The molecule has 0 heterocycles. The molecule has 0 bridgehead atoms. The molecule has 0 saturated heterocycles. The molecule has 1 aliphatic rings. The zero-order valence-electron chi connectivity index (χ0n) is 7.05. The van der Waals surface area contributed by atoms with Gasteiger partial charge in [0.1, 0.15) is 5.78 Å². The Morgan fingerprint density at radius 2 is 2.00 bits per heavy atom. The maximum atomic E-state index is 11.0. The maximum Gasteiger partial charge on any atom is 0.133 e. The van der Waals surface area contributed by atoms with Gasteiger partial charge >= 0.3 is 0 Å². The van der Waals surface area contributed by atoms with Crippen molar-refractivity contribution in [1.29, 1.82) is 0 Å². The normalized spacial score (nSPS) is 33.8. The molecule has 0 radical (unpaired) electrons. The van der Waals surface area contributed by atoms with Crippen molar-refractivity contribution in [1.82, 2.24) is 0 Å². The molecule has 0 unspecified atom stereocenters. The predicted molar refractivity (Wildman–Crippen MR) is 41.7 cm³/mol. The SMILES string of the molecule is CC(C)[C@H]1CC(=O)C[C@H]1C. The molecular formula is C9H16O. The van der Waals surface area contributed by atoms with Crippen LogP contribution in [0, 0.1) is 17.8 Å². The van der Waals surface area contributed by atoms with Gasteiger partial charge in [0.2, 0.25) is 0 Å². The molecule has 0 spiro atoms. The Morgan fingerprint density at radius 3 is 2.20 bits per heavy atom. The largest absolute Gasteiger partial charge is 0.300 e. The highest BCUT2D eigenvalue weighted by atomic mass is 16.1. The van der Waals surface area contributed by atoms with Crippen molar-refractivity contribution >= 4 is 5.78 Å². The van der Waals surface area contributed by atoms with Crippen LogP contribution in [0.5, 0.6) is 0 Å². The summed E-state index contributed by atoms with van der Waals surface area (Å²) in [5.41, 5.74) is 0. The minimum Gasteiger partial charge on any atom is -0.300 e. The molecule has 0 aromatic rings. The fourth-order valence-corrected chi connectivity index (χ4v) is 1.95. The highest BCUT2D eigenvalue weighted by Crippen LogP contribution is 2.33. The van der Waals surface area contributed by atoms with Crippen LogP contribution in [0.15, 0.2) is 0 Å². The van der Waals surface area contributed by atoms with Gasteiger partial charge in [0.25, 0.3) is 0 Å². The first kappa shape index (κ1) is 7.77. The van der Waals surface area contributed by atoms with E-state index in [0.717, 1.165) is 12.8 Å². The van der Waals surface area contributed by atoms with E-state index >= 15 is 0 Å². The zero-order chi connectivity index (χ0) is 7.72. The number of carbonyl (C=O) groups is 1. The van der Waals surface area contributed by atoms with Gasteiger partial charge in [0.15, 0.2) is 0 Å². The second-order valence-electron chi connectivity index (χ2n) is 3.83. The van der Waals surface area contributed by atoms with Crippen molar-refractivity contribution in [3.63, 3.8) is 0 Å². The molecule has 1 nitrogen and oxygen atoms in total. The van der Waals surface area contributed by atoms with Crippen LogP contribution >= 0.6 is 0 Å². The van der Waals surface area contributed by atoms with E-state index < -0.39 is 0 Å². The second kappa shape index (κ2) is 2.73. The average Bonchev–Trinajstić information content (AvgIpc) is 2.10. The summed E-state index contributed by atoms with van der Waals surface area (Å²) in [4.78, 5) is 11.0. The molecule has 1 aliphatic carbocycles. The Kier molecular flexibility index (Phi) is 2.12. The summed E-state index contributed by atoms with van der Waals surface area (Å²) in [6.45, 7) is 6.61. The fourth-order valence-electron chi connectivity index (χ4n) is 1.95. The molecule has 0 N–H and O–H groups in total. The Hall–Kier alpha value is -0.330. The molecule has 0 aromatic carbocycles. The number of ketones is 1. The molecule has 58 valence electrons. The van der Waals surface area contributed by atoms with Crippen LogP contribution in [0.2, 0.25) is 0 Å². The van der Waals surface area contributed by atoms with Gasteiger partial charge in [-0.25, -0.2) is 0 Å².